The third kappa shape index (κ3) is 2.19. The molecule has 18 heavy (non-hydrogen) atoms. The number of benzene rings is 1. The summed E-state index contributed by atoms with van der Waals surface area (Å²) in [6.45, 7) is 1.61. The molecule has 1 N–H and O–H groups in total. The lowest BCUT2D eigenvalue weighted by Gasteiger charge is -2.12. The van der Waals surface area contributed by atoms with Gasteiger partial charge in [0, 0.05) is 24.9 Å². The third-order valence-corrected chi connectivity index (χ3v) is 3.04. The van der Waals surface area contributed by atoms with Crippen LogP contribution in [0, 0.1) is 0 Å². The molecular weight excluding hydrogens is 230 g/mol. The van der Waals surface area contributed by atoms with Gasteiger partial charge in [0.05, 0.1) is 12.6 Å². The number of tetrazole rings is 1. The number of aryl methyl sites for hydroxylation is 1. The smallest absolute Gasteiger partial charge is 0.181 e. The lowest BCUT2D eigenvalue weighted by molar-refractivity contribution is 0.195. The monoisotopic (exact) mass is 245 g/mol. The van der Waals surface area contributed by atoms with Gasteiger partial charge in [-0.05, 0) is 29.0 Å². The average molecular weight is 245 g/mol. The number of hydrogen-bond donors (Lipinski definition) is 1. The first-order chi connectivity index (χ1) is 8.83. The van der Waals surface area contributed by atoms with Gasteiger partial charge in [-0.1, -0.05) is 12.1 Å². The van der Waals surface area contributed by atoms with Crippen molar-refractivity contribution in [3.8, 4) is 11.4 Å². The van der Waals surface area contributed by atoms with Gasteiger partial charge in [-0.25, -0.2) is 4.68 Å². The molecule has 1 aliphatic rings. The van der Waals surface area contributed by atoms with Crippen LogP contribution >= 0.6 is 0 Å². The minimum atomic E-state index is 0.401. The maximum atomic E-state index is 5.35. The molecule has 3 rings (SSSR count). The molecule has 1 atom stereocenters. The predicted octanol–water partition coefficient (Wildman–Crippen LogP) is 1.08. The highest BCUT2D eigenvalue weighted by molar-refractivity contribution is 5.62. The molecule has 1 unspecified atom stereocenters. The summed E-state index contributed by atoms with van der Waals surface area (Å²) >= 11 is 0. The second-order valence-electron chi connectivity index (χ2n) is 4.41. The SMILES string of the molecule is Cn1nnnc1-c1cccc(NC2CCOC2)c1. The molecule has 1 aromatic carbocycles. The molecule has 1 fully saturated rings. The summed E-state index contributed by atoms with van der Waals surface area (Å²) in [5.74, 6) is 0.765. The first kappa shape index (κ1) is 11.2. The molecule has 2 heterocycles. The first-order valence-electron chi connectivity index (χ1n) is 6.00. The van der Waals surface area contributed by atoms with Crippen molar-refractivity contribution in [2.24, 2.45) is 7.05 Å². The molecule has 1 saturated heterocycles. The minimum Gasteiger partial charge on any atom is -0.380 e. The summed E-state index contributed by atoms with van der Waals surface area (Å²) in [5.41, 5.74) is 2.08. The van der Waals surface area contributed by atoms with Gasteiger partial charge in [0.2, 0.25) is 0 Å². The number of anilines is 1. The van der Waals surface area contributed by atoms with Crippen molar-refractivity contribution in [2.75, 3.05) is 18.5 Å². The molecule has 0 spiro atoms. The molecular formula is C12H15N5O. The summed E-state index contributed by atoms with van der Waals surface area (Å²) in [4.78, 5) is 0. The molecule has 1 aliphatic heterocycles. The van der Waals surface area contributed by atoms with Crippen LogP contribution in [-0.4, -0.2) is 39.5 Å². The second-order valence-corrected chi connectivity index (χ2v) is 4.41. The van der Waals surface area contributed by atoms with E-state index in [4.69, 9.17) is 4.74 Å². The van der Waals surface area contributed by atoms with Crippen molar-refractivity contribution >= 4 is 5.69 Å². The molecule has 0 saturated carbocycles. The van der Waals surface area contributed by atoms with E-state index in [1.54, 1.807) is 4.68 Å². The Morgan fingerprint density at radius 2 is 2.39 bits per heavy atom. The second kappa shape index (κ2) is 4.73. The summed E-state index contributed by atoms with van der Waals surface area (Å²) < 4.78 is 7.02. The zero-order chi connectivity index (χ0) is 12.4. The van der Waals surface area contributed by atoms with E-state index in [2.05, 4.69) is 26.9 Å². The Labute approximate surface area is 105 Å². The highest BCUT2D eigenvalue weighted by atomic mass is 16.5. The zero-order valence-electron chi connectivity index (χ0n) is 10.2. The lowest BCUT2D eigenvalue weighted by atomic mass is 10.1. The van der Waals surface area contributed by atoms with Gasteiger partial charge in [0.15, 0.2) is 5.82 Å². The van der Waals surface area contributed by atoms with Crippen LogP contribution in [0.3, 0.4) is 0 Å². The number of ether oxygens (including phenoxy) is 1. The molecule has 94 valence electrons. The van der Waals surface area contributed by atoms with E-state index < -0.39 is 0 Å². The van der Waals surface area contributed by atoms with Gasteiger partial charge in [0.25, 0.3) is 0 Å². The maximum Gasteiger partial charge on any atom is 0.181 e. The van der Waals surface area contributed by atoms with Crippen molar-refractivity contribution in [3.63, 3.8) is 0 Å². The molecule has 6 nitrogen and oxygen atoms in total. The number of nitrogens with one attached hydrogen (secondary N) is 1. The Hall–Kier alpha value is -1.95. The Kier molecular flexibility index (Phi) is 2.93. The topological polar surface area (TPSA) is 64.9 Å². The van der Waals surface area contributed by atoms with Crippen LogP contribution in [0.2, 0.25) is 0 Å². The van der Waals surface area contributed by atoms with E-state index >= 15 is 0 Å². The van der Waals surface area contributed by atoms with Gasteiger partial charge < -0.3 is 10.1 Å². The van der Waals surface area contributed by atoms with Crippen molar-refractivity contribution in [1.29, 1.82) is 0 Å². The molecule has 1 aromatic heterocycles. The van der Waals surface area contributed by atoms with Gasteiger partial charge in [0.1, 0.15) is 0 Å². The minimum absolute atomic E-state index is 0.401. The summed E-state index contributed by atoms with van der Waals surface area (Å²) in [6.07, 6.45) is 1.05. The summed E-state index contributed by atoms with van der Waals surface area (Å²) in [5, 5.41) is 15.0. The number of nitrogens with zero attached hydrogens (tertiary/aromatic N) is 4. The van der Waals surface area contributed by atoms with Crippen LogP contribution in [0.5, 0.6) is 0 Å². The maximum absolute atomic E-state index is 5.35. The summed E-state index contributed by atoms with van der Waals surface area (Å²) in [6, 6.07) is 8.51. The Balaban J connectivity index is 1.82. The van der Waals surface area contributed by atoms with Crippen molar-refractivity contribution in [1.82, 2.24) is 20.2 Å². The highest BCUT2D eigenvalue weighted by Gasteiger charge is 2.15. The third-order valence-electron chi connectivity index (χ3n) is 3.04. The molecule has 0 aliphatic carbocycles. The largest absolute Gasteiger partial charge is 0.380 e. The van der Waals surface area contributed by atoms with Crippen LogP contribution < -0.4 is 5.32 Å². The first-order valence-corrected chi connectivity index (χ1v) is 6.00. The zero-order valence-corrected chi connectivity index (χ0v) is 10.2. The van der Waals surface area contributed by atoms with Gasteiger partial charge in [-0.15, -0.1) is 5.10 Å². The van der Waals surface area contributed by atoms with Crippen molar-refractivity contribution in [3.05, 3.63) is 24.3 Å². The fourth-order valence-electron chi connectivity index (χ4n) is 2.11. The van der Waals surface area contributed by atoms with Gasteiger partial charge >= 0.3 is 0 Å². The predicted molar refractivity (Wildman–Crippen MR) is 67.1 cm³/mol. The van der Waals surface area contributed by atoms with Crippen molar-refractivity contribution in [2.45, 2.75) is 12.5 Å². The Morgan fingerprint density at radius 1 is 1.44 bits per heavy atom. The van der Waals surface area contributed by atoms with Gasteiger partial charge in [-0.2, -0.15) is 0 Å². The van der Waals surface area contributed by atoms with E-state index in [9.17, 15) is 0 Å². The number of rotatable bonds is 3. The number of aromatic nitrogens is 4. The van der Waals surface area contributed by atoms with Gasteiger partial charge in [-0.3, -0.25) is 0 Å². The standard InChI is InChI=1S/C12H15N5O/c1-17-12(14-15-16-17)9-3-2-4-10(7-9)13-11-5-6-18-8-11/h2-4,7,11,13H,5-6,8H2,1H3. The molecule has 0 radical (unpaired) electrons. The summed E-state index contributed by atoms with van der Waals surface area (Å²) in [7, 11) is 1.83. The lowest BCUT2D eigenvalue weighted by Crippen LogP contribution is -2.18. The van der Waals surface area contributed by atoms with E-state index in [1.165, 1.54) is 0 Å². The van der Waals surface area contributed by atoms with Crippen molar-refractivity contribution < 1.29 is 4.74 Å². The fourth-order valence-corrected chi connectivity index (χ4v) is 2.11. The fraction of sp³-hybridized carbons (Fsp3) is 0.417. The van der Waals surface area contributed by atoms with Crippen LogP contribution in [0.25, 0.3) is 11.4 Å². The highest BCUT2D eigenvalue weighted by Crippen LogP contribution is 2.21. The van der Waals surface area contributed by atoms with E-state index in [1.807, 2.05) is 25.2 Å². The van der Waals surface area contributed by atoms with Crippen LogP contribution in [0.1, 0.15) is 6.42 Å². The number of hydrogen-bond acceptors (Lipinski definition) is 5. The van der Waals surface area contributed by atoms with Crippen LogP contribution in [0.4, 0.5) is 5.69 Å². The van der Waals surface area contributed by atoms with Crippen LogP contribution in [0.15, 0.2) is 24.3 Å². The van der Waals surface area contributed by atoms with E-state index in [0.717, 1.165) is 36.7 Å². The van der Waals surface area contributed by atoms with E-state index in [-0.39, 0.29) is 0 Å². The average Bonchev–Trinajstić information content (AvgIpc) is 3.01. The molecule has 6 heteroatoms. The van der Waals surface area contributed by atoms with E-state index in [0.29, 0.717) is 6.04 Å². The van der Waals surface area contributed by atoms with Crippen LogP contribution in [-0.2, 0) is 11.8 Å². The molecule has 0 bridgehead atoms. The Morgan fingerprint density at radius 3 is 3.11 bits per heavy atom. The molecule has 2 aromatic rings. The normalized spacial score (nSPS) is 19.1. The Bertz CT molecular complexity index is 533. The quantitative estimate of drug-likeness (QED) is 0.876. The molecule has 0 amide bonds.